The van der Waals surface area contributed by atoms with Crippen molar-refractivity contribution in [1.82, 2.24) is 5.32 Å². The third-order valence-corrected chi connectivity index (χ3v) is 3.36. The van der Waals surface area contributed by atoms with Crippen LogP contribution in [0.25, 0.3) is 0 Å². The number of carbonyl (C=O) groups excluding carboxylic acids is 1. The fourth-order valence-electron chi connectivity index (χ4n) is 2.38. The lowest BCUT2D eigenvalue weighted by atomic mass is 9.62. The Morgan fingerprint density at radius 3 is 2.53 bits per heavy atom. The van der Waals surface area contributed by atoms with E-state index in [9.17, 15) is 4.79 Å². The summed E-state index contributed by atoms with van der Waals surface area (Å²) >= 11 is 0. The van der Waals surface area contributed by atoms with Crippen molar-refractivity contribution in [2.45, 2.75) is 40.0 Å². The van der Waals surface area contributed by atoms with Crippen molar-refractivity contribution >= 4 is 5.91 Å². The Hall–Kier alpha value is -0.570. The number of rotatable bonds is 5. The van der Waals surface area contributed by atoms with Crippen molar-refractivity contribution in [3.63, 3.8) is 0 Å². The normalized spacial score (nSPS) is 30.1. The predicted molar refractivity (Wildman–Crippen MR) is 62.4 cm³/mol. The number of hydrogen-bond acceptors (Lipinski definition) is 2. The van der Waals surface area contributed by atoms with Crippen LogP contribution in [-0.2, 0) is 4.79 Å². The van der Waals surface area contributed by atoms with Crippen molar-refractivity contribution in [3.8, 4) is 0 Å². The van der Waals surface area contributed by atoms with Gasteiger partial charge in [-0.3, -0.25) is 4.79 Å². The number of amides is 1. The second-order valence-electron chi connectivity index (χ2n) is 5.44. The molecule has 0 spiro atoms. The van der Waals surface area contributed by atoms with Crippen LogP contribution in [0.2, 0.25) is 0 Å². The van der Waals surface area contributed by atoms with Crippen molar-refractivity contribution in [3.05, 3.63) is 0 Å². The van der Waals surface area contributed by atoms with Crippen molar-refractivity contribution in [2.24, 2.45) is 23.0 Å². The largest absolute Gasteiger partial charge is 0.356 e. The fraction of sp³-hybridized carbons (Fsp3) is 0.917. The Balaban J connectivity index is 2.32. The highest BCUT2D eigenvalue weighted by Crippen LogP contribution is 2.44. The minimum absolute atomic E-state index is 0.170. The average Bonchev–Trinajstić information content (AvgIpc) is 2.11. The first-order valence-electron chi connectivity index (χ1n) is 5.98. The van der Waals surface area contributed by atoms with E-state index in [1.54, 1.807) is 0 Å². The molecule has 0 atom stereocenters. The molecule has 0 heterocycles. The lowest BCUT2D eigenvalue weighted by Gasteiger charge is -2.44. The van der Waals surface area contributed by atoms with Gasteiger partial charge >= 0.3 is 0 Å². The first-order valence-corrected chi connectivity index (χ1v) is 5.98. The molecule has 3 nitrogen and oxygen atoms in total. The SMILES string of the molecule is CC(C)CCNC(=O)C1(CN)CC(C)C1. The monoisotopic (exact) mass is 212 g/mol. The van der Waals surface area contributed by atoms with Crippen LogP contribution >= 0.6 is 0 Å². The van der Waals surface area contributed by atoms with Gasteiger partial charge in [0.25, 0.3) is 0 Å². The summed E-state index contributed by atoms with van der Waals surface area (Å²) in [6.07, 6.45) is 2.95. The van der Waals surface area contributed by atoms with Crippen LogP contribution in [0, 0.1) is 17.3 Å². The number of carbonyl (C=O) groups is 1. The van der Waals surface area contributed by atoms with Crippen molar-refractivity contribution in [2.75, 3.05) is 13.1 Å². The topological polar surface area (TPSA) is 55.1 Å². The number of nitrogens with one attached hydrogen (secondary N) is 1. The maximum absolute atomic E-state index is 11.9. The van der Waals surface area contributed by atoms with Gasteiger partial charge in [0.05, 0.1) is 5.41 Å². The Morgan fingerprint density at radius 2 is 2.13 bits per heavy atom. The van der Waals surface area contributed by atoms with Crippen molar-refractivity contribution < 1.29 is 4.79 Å². The Labute approximate surface area is 92.8 Å². The molecule has 0 saturated heterocycles. The van der Waals surface area contributed by atoms with Crippen LogP contribution in [0.1, 0.15) is 40.0 Å². The average molecular weight is 212 g/mol. The molecule has 1 saturated carbocycles. The van der Waals surface area contributed by atoms with E-state index in [0.29, 0.717) is 18.4 Å². The summed E-state index contributed by atoms with van der Waals surface area (Å²) < 4.78 is 0. The highest BCUT2D eigenvalue weighted by Gasteiger charge is 2.46. The van der Waals surface area contributed by atoms with Crippen LogP contribution in [0.5, 0.6) is 0 Å². The molecule has 1 fully saturated rings. The highest BCUT2D eigenvalue weighted by atomic mass is 16.2. The van der Waals surface area contributed by atoms with E-state index in [0.717, 1.165) is 25.8 Å². The van der Waals surface area contributed by atoms with E-state index in [-0.39, 0.29) is 11.3 Å². The van der Waals surface area contributed by atoms with E-state index in [1.165, 1.54) is 0 Å². The van der Waals surface area contributed by atoms with Gasteiger partial charge in [-0.25, -0.2) is 0 Å². The van der Waals surface area contributed by atoms with Gasteiger partial charge in [0.1, 0.15) is 0 Å². The highest BCUT2D eigenvalue weighted by molar-refractivity contribution is 5.83. The molecular formula is C12H24N2O. The zero-order valence-electron chi connectivity index (χ0n) is 10.2. The summed E-state index contributed by atoms with van der Waals surface area (Å²) in [5.41, 5.74) is 5.46. The quantitative estimate of drug-likeness (QED) is 0.726. The Kier molecular flexibility index (Phi) is 4.14. The molecule has 0 radical (unpaired) electrons. The molecule has 88 valence electrons. The summed E-state index contributed by atoms with van der Waals surface area (Å²) in [5.74, 6) is 1.47. The van der Waals surface area contributed by atoms with E-state index in [2.05, 4.69) is 26.1 Å². The summed E-state index contributed by atoms with van der Waals surface area (Å²) in [5, 5.41) is 3.01. The summed E-state index contributed by atoms with van der Waals surface area (Å²) in [6.45, 7) is 7.78. The van der Waals surface area contributed by atoms with E-state index >= 15 is 0 Å². The number of hydrogen-bond donors (Lipinski definition) is 2. The second-order valence-corrected chi connectivity index (χ2v) is 5.44. The van der Waals surface area contributed by atoms with Gasteiger partial charge in [0.2, 0.25) is 5.91 Å². The van der Waals surface area contributed by atoms with Crippen LogP contribution in [0.15, 0.2) is 0 Å². The zero-order valence-corrected chi connectivity index (χ0v) is 10.2. The van der Waals surface area contributed by atoms with Gasteiger partial charge in [-0.1, -0.05) is 20.8 Å². The van der Waals surface area contributed by atoms with Crippen LogP contribution in [-0.4, -0.2) is 19.0 Å². The van der Waals surface area contributed by atoms with Crippen LogP contribution < -0.4 is 11.1 Å². The molecule has 1 amide bonds. The van der Waals surface area contributed by atoms with Gasteiger partial charge in [-0.15, -0.1) is 0 Å². The molecule has 15 heavy (non-hydrogen) atoms. The second kappa shape index (κ2) is 4.97. The fourth-order valence-corrected chi connectivity index (χ4v) is 2.38. The van der Waals surface area contributed by atoms with Gasteiger partial charge in [0, 0.05) is 13.1 Å². The predicted octanol–water partition coefficient (Wildman–Crippen LogP) is 1.52. The lowest BCUT2D eigenvalue weighted by molar-refractivity contribution is -0.138. The van der Waals surface area contributed by atoms with E-state index < -0.39 is 0 Å². The molecule has 3 N–H and O–H groups in total. The van der Waals surface area contributed by atoms with Gasteiger partial charge in [0.15, 0.2) is 0 Å². The molecule has 0 aliphatic heterocycles. The zero-order chi connectivity index (χ0) is 11.5. The molecule has 1 rings (SSSR count). The number of nitrogens with two attached hydrogens (primary N) is 1. The van der Waals surface area contributed by atoms with Crippen LogP contribution in [0.4, 0.5) is 0 Å². The molecular weight excluding hydrogens is 188 g/mol. The van der Waals surface area contributed by atoms with E-state index in [1.807, 2.05) is 0 Å². The molecule has 3 heteroatoms. The molecule has 0 bridgehead atoms. The molecule has 0 unspecified atom stereocenters. The first-order chi connectivity index (χ1) is 7.00. The first kappa shape index (κ1) is 12.5. The Bertz CT molecular complexity index is 220. The van der Waals surface area contributed by atoms with Gasteiger partial charge in [-0.2, -0.15) is 0 Å². The summed E-state index contributed by atoms with van der Waals surface area (Å²) in [4.78, 5) is 11.9. The minimum Gasteiger partial charge on any atom is -0.356 e. The molecule has 1 aliphatic carbocycles. The maximum atomic E-state index is 11.9. The third kappa shape index (κ3) is 2.94. The molecule has 0 aromatic rings. The molecule has 0 aromatic heterocycles. The van der Waals surface area contributed by atoms with Crippen LogP contribution in [0.3, 0.4) is 0 Å². The van der Waals surface area contributed by atoms with E-state index in [4.69, 9.17) is 5.73 Å². The van der Waals surface area contributed by atoms with Gasteiger partial charge < -0.3 is 11.1 Å². The smallest absolute Gasteiger partial charge is 0.227 e. The van der Waals surface area contributed by atoms with Crippen molar-refractivity contribution in [1.29, 1.82) is 0 Å². The summed E-state index contributed by atoms with van der Waals surface area (Å²) in [6, 6.07) is 0. The standard InChI is InChI=1S/C12H24N2O/c1-9(2)4-5-14-11(15)12(8-13)6-10(3)7-12/h9-10H,4-8,13H2,1-3H3,(H,14,15). The maximum Gasteiger partial charge on any atom is 0.227 e. The van der Waals surface area contributed by atoms with Gasteiger partial charge in [-0.05, 0) is 31.1 Å². The molecule has 1 aliphatic rings. The Morgan fingerprint density at radius 1 is 1.53 bits per heavy atom. The minimum atomic E-state index is -0.240. The summed E-state index contributed by atoms with van der Waals surface area (Å²) in [7, 11) is 0. The lowest BCUT2D eigenvalue weighted by Crippen LogP contribution is -2.53. The molecule has 0 aromatic carbocycles. The third-order valence-electron chi connectivity index (χ3n) is 3.36.